The van der Waals surface area contributed by atoms with Crippen LogP contribution in [0.5, 0.6) is 5.75 Å². The number of H-pyrrole nitrogens is 1. The zero-order chi connectivity index (χ0) is 11.7. The highest BCUT2D eigenvalue weighted by atomic mass is 79.9. The summed E-state index contributed by atoms with van der Waals surface area (Å²) in [5, 5.41) is 16.4. The maximum atomic E-state index is 9.69. The predicted molar refractivity (Wildman–Crippen MR) is 63.8 cm³/mol. The van der Waals surface area contributed by atoms with Gasteiger partial charge in [0.1, 0.15) is 11.6 Å². The Balaban J connectivity index is 2.46. The third kappa shape index (κ3) is 2.07. The predicted octanol–water partition coefficient (Wildman–Crippen LogP) is 1.96. The van der Waals surface area contributed by atoms with Crippen molar-refractivity contribution in [1.29, 1.82) is 0 Å². The van der Waals surface area contributed by atoms with Crippen molar-refractivity contribution >= 4 is 15.9 Å². The second-order valence-corrected chi connectivity index (χ2v) is 4.41. The van der Waals surface area contributed by atoms with Gasteiger partial charge in [0, 0.05) is 4.47 Å². The lowest BCUT2D eigenvalue weighted by atomic mass is 10.2. The van der Waals surface area contributed by atoms with Gasteiger partial charge in [-0.3, -0.25) is 5.10 Å². The standard InChI is InChI=1S/C10H11BrN4O/c1-5(12)9-13-10(15-14-9)7-4-6(11)2-3-8(7)16/h2-5,16H,12H2,1H3,(H,13,14,15). The van der Waals surface area contributed by atoms with E-state index in [-0.39, 0.29) is 11.8 Å². The van der Waals surface area contributed by atoms with Crippen molar-refractivity contribution in [2.75, 3.05) is 0 Å². The third-order valence-corrected chi connectivity index (χ3v) is 2.63. The van der Waals surface area contributed by atoms with E-state index in [2.05, 4.69) is 31.1 Å². The number of benzene rings is 1. The van der Waals surface area contributed by atoms with E-state index in [0.29, 0.717) is 17.2 Å². The molecule has 0 fully saturated rings. The minimum atomic E-state index is -0.212. The molecule has 84 valence electrons. The Morgan fingerprint density at radius 3 is 2.88 bits per heavy atom. The Bertz CT molecular complexity index is 509. The van der Waals surface area contributed by atoms with E-state index in [1.807, 2.05) is 6.92 Å². The summed E-state index contributed by atoms with van der Waals surface area (Å²) in [5.41, 5.74) is 6.23. The van der Waals surface area contributed by atoms with E-state index >= 15 is 0 Å². The first-order chi connectivity index (χ1) is 7.58. The molecule has 0 aliphatic heterocycles. The normalized spacial score (nSPS) is 12.7. The Morgan fingerprint density at radius 2 is 2.25 bits per heavy atom. The van der Waals surface area contributed by atoms with E-state index in [9.17, 15) is 5.11 Å². The molecular formula is C10H11BrN4O. The van der Waals surface area contributed by atoms with Crippen LogP contribution in [0.4, 0.5) is 0 Å². The number of phenolic OH excluding ortho intramolecular Hbond substituents is 1. The summed E-state index contributed by atoms with van der Waals surface area (Å²) in [4.78, 5) is 4.21. The van der Waals surface area contributed by atoms with Gasteiger partial charge in [-0.05, 0) is 25.1 Å². The molecule has 1 unspecified atom stereocenters. The molecule has 1 aromatic carbocycles. The molecule has 2 aromatic rings. The molecule has 16 heavy (non-hydrogen) atoms. The topological polar surface area (TPSA) is 87.8 Å². The number of phenols is 1. The molecule has 1 heterocycles. The fraction of sp³-hybridized carbons (Fsp3) is 0.200. The molecule has 5 nitrogen and oxygen atoms in total. The van der Waals surface area contributed by atoms with Crippen LogP contribution in [0.1, 0.15) is 18.8 Å². The summed E-state index contributed by atoms with van der Waals surface area (Å²) in [6.45, 7) is 1.81. The van der Waals surface area contributed by atoms with Crippen LogP contribution >= 0.6 is 15.9 Å². The minimum absolute atomic E-state index is 0.137. The van der Waals surface area contributed by atoms with Crippen molar-refractivity contribution in [3.05, 3.63) is 28.5 Å². The van der Waals surface area contributed by atoms with E-state index in [1.54, 1.807) is 18.2 Å². The lowest BCUT2D eigenvalue weighted by molar-refractivity contribution is 0.477. The summed E-state index contributed by atoms with van der Waals surface area (Å²) >= 11 is 3.33. The van der Waals surface area contributed by atoms with Crippen molar-refractivity contribution in [1.82, 2.24) is 15.2 Å². The molecule has 0 amide bonds. The number of nitrogens with one attached hydrogen (secondary N) is 1. The molecule has 0 spiro atoms. The smallest absolute Gasteiger partial charge is 0.184 e. The zero-order valence-corrected chi connectivity index (χ0v) is 10.2. The molecule has 4 N–H and O–H groups in total. The Kier molecular flexibility index (Phi) is 2.93. The number of aromatic amines is 1. The molecule has 0 bridgehead atoms. The van der Waals surface area contributed by atoms with Crippen molar-refractivity contribution in [3.8, 4) is 17.1 Å². The first kappa shape index (κ1) is 11.1. The summed E-state index contributed by atoms with van der Waals surface area (Å²) in [7, 11) is 0. The highest BCUT2D eigenvalue weighted by Crippen LogP contribution is 2.29. The fourth-order valence-corrected chi connectivity index (χ4v) is 1.65. The fourth-order valence-electron chi connectivity index (χ4n) is 1.29. The van der Waals surface area contributed by atoms with Gasteiger partial charge >= 0.3 is 0 Å². The van der Waals surface area contributed by atoms with Crippen molar-refractivity contribution in [2.24, 2.45) is 5.73 Å². The average molecular weight is 283 g/mol. The van der Waals surface area contributed by atoms with Crippen LogP contribution in [0, 0.1) is 0 Å². The maximum absolute atomic E-state index is 9.69. The van der Waals surface area contributed by atoms with Gasteiger partial charge in [0.2, 0.25) is 0 Å². The lowest BCUT2D eigenvalue weighted by Gasteiger charge is -2.00. The van der Waals surface area contributed by atoms with Crippen LogP contribution in [0.3, 0.4) is 0 Å². The highest BCUT2D eigenvalue weighted by Gasteiger charge is 2.12. The molecular weight excluding hydrogens is 272 g/mol. The first-order valence-corrected chi connectivity index (χ1v) is 5.54. The number of rotatable bonds is 2. The molecule has 2 rings (SSSR count). The van der Waals surface area contributed by atoms with Crippen molar-refractivity contribution in [3.63, 3.8) is 0 Å². The number of hydrogen-bond acceptors (Lipinski definition) is 4. The zero-order valence-electron chi connectivity index (χ0n) is 8.61. The van der Waals surface area contributed by atoms with Gasteiger partial charge in [0.15, 0.2) is 5.82 Å². The van der Waals surface area contributed by atoms with Gasteiger partial charge in [0.25, 0.3) is 0 Å². The summed E-state index contributed by atoms with van der Waals surface area (Å²) < 4.78 is 0.854. The molecule has 0 saturated heterocycles. The summed E-state index contributed by atoms with van der Waals surface area (Å²) in [6.07, 6.45) is 0. The van der Waals surface area contributed by atoms with Crippen molar-refractivity contribution < 1.29 is 5.11 Å². The number of nitrogens with two attached hydrogens (primary N) is 1. The minimum Gasteiger partial charge on any atom is -0.507 e. The van der Waals surface area contributed by atoms with Crippen LogP contribution in [0.15, 0.2) is 22.7 Å². The molecule has 0 aliphatic carbocycles. The van der Waals surface area contributed by atoms with Crippen LogP contribution in [0.25, 0.3) is 11.4 Å². The van der Waals surface area contributed by atoms with Crippen LogP contribution < -0.4 is 5.73 Å². The number of nitrogens with zero attached hydrogens (tertiary/aromatic N) is 2. The largest absolute Gasteiger partial charge is 0.507 e. The first-order valence-electron chi connectivity index (χ1n) is 4.74. The number of aromatic hydroxyl groups is 1. The maximum Gasteiger partial charge on any atom is 0.184 e. The Labute approximate surface area is 101 Å². The molecule has 6 heteroatoms. The summed E-state index contributed by atoms with van der Waals surface area (Å²) in [6, 6.07) is 4.87. The average Bonchev–Trinajstić information content (AvgIpc) is 2.70. The molecule has 1 atom stereocenters. The van der Waals surface area contributed by atoms with Crippen molar-refractivity contribution in [2.45, 2.75) is 13.0 Å². The van der Waals surface area contributed by atoms with Gasteiger partial charge < -0.3 is 10.8 Å². The SMILES string of the molecule is CC(N)c1nc(-c2cc(Br)ccc2O)n[nH]1. The van der Waals surface area contributed by atoms with Gasteiger partial charge in [-0.25, -0.2) is 4.98 Å². The van der Waals surface area contributed by atoms with Gasteiger partial charge in [-0.1, -0.05) is 15.9 Å². The molecule has 0 aliphatic rings. The Morgan fingerprint density at radius 1 is 1.50 bits per heavy atom. The van der Waals surface area contributed by atoms with Gasteiger partial charge in [0.05, 0.1) is 11.6 Å². The number of aromatic nitrogens is 3. The van der Waals surface area contributed by atoms with E-state index in [0.717, 1.165) is 4.47 Å². The quantitative estimate of drug-likeness (QED) is 0.786. The molecule has 1 aromatic heterocycles. The lowest BCUT2D eigenvalue weighted by Crippen LogP contribution is -2.06. The van der Waals surface area contributed by atoms with Crippen LogP contribution in [-0.2, 0) is 0 Å². The second-order valence-electron chi connectivity index (χ2n) is 3.49. The monoisotopic (exact) mass is 282 g/mol. The van der Waals surface area contributed by atoms with E-state index < -0.39 is 0 Å². The molecule has 0 saturated carbocycles. The Hall–Kier alpha value is -1.40. The van der Waals surface area contributed by atoms with E-state index in [1.165, 1.54) is 0 Å². The van der Waals surface area contributed by atoms with Crippen LogP contribution in [-0.4, -0.2) is 20.3 Å². The van der Waals surface area contributed by atoms with Gasteiger partial charge in [-0.2, -0.15) is 5.10 Å². The number of hydrogen-bond donors (Lipinski definition) is 3. The number of halogens is 1. The molecule has 0 radical (unpaired) electrons. The van der Waals surface area contributed by atoms with E-state index in [4.69, 9.17) is 5.73 Å². The second kappa shape index (κ2) is 4.23. The van der Waals surface area contributed by atoms with Gasteiger partial charge in [-0.15, -0.1) is 0 Å². The third-order valence-electron chi connectivity index (χ3n) is 2.13. The highest BCUT2D eigenvalue weighted by molar-refractivity contribution is 9.10. The van der Waals surface area contributed by atoms with Crippen LogP contribution in [0.2, 0.25) is 0 Å². The summed E-state index contributed by atoms with van der Waals surface area (Å²) in [5.74, 6) is 1.17.